The standard InChI is InChI=1S/C12H10O3/c1-7-9-5-3-2-4-8(9)6-10(13)11(7)12(14)15/h2-6,13H,1H3,(H,14,15)/p-1. The van der Waals surface area contributed by atoms with Crippen molar-refractivity contribution in [1.82, 2.24) is 0 Å². The number of hydrogen-bond donors (Lipinski definition) is 1. The molecule has 0 amide bonds. The minimum atomic E-state index is -1.16. The molecule has 2 aromatic carbocycles. The first-order valence-electron chi connectivity index (χ1n) is 4.54. The van der Waals surface area contributed by atoms with Crippen molar-refractivity contribution >= 4 is 16.7 Å². The minimum absolute atomic E-state index is 0.131. The fourth-order valence-corrected chi connectivity index (χ4v) is 1.76. The van der Waals surface area contributed by atoms with Crippen LogP contribution in [0.5, 0.6) is 5.75 Å². The van der Waals surface area contributed by atoms with E-state index in [2.05, 4.69) is 0 Å². The van der Waals surface area contributed by atoms with Crippen molar-refractivity contribution < 1.29 is 15.0 Å². The summed E-state index contributed by atoms with van der Waals surface area (Å²) in [4.78, 5) is 10.9. The van der Waals surface area contributed by atoms with Gasteiger partial charge < -0.3 is 10.2 Å². The van der Waals surface area contributed by atoms with Crippen LogP contribution < -0.4 is 5.11 Å². The molecule has 3 nitrogen and oxygen atoms in total. The lowest BCUT2D eigenvalue weighted by molar-refractivity contribution is -0.268. The number of carbonyl (C=O) groups is 1. The molecule has 0 spiro atoms. The molecule has 3 heteroatoms. The number of aryl methyl sites for hydroxylation is 1. The summed E-state index contributed by atoms with van der Waals surface area (Å²) in [6.07, 6.45) is 0. The Kier molecular flexibility index (Phi) is 2.08. The number of fused-ring (bicyclic) bond motifs is 1. The molecule has 0 fully saturated rings. The molecule has 0 atom stereocenters. The molecule has 2 aromatic rings. The van der Waals surface area contributed by atoms with E-state index in [1.54, 1.807) is 13.0 Å². The molecule has 1 N–H and O–H groups in total. The van der Waals surface area contributed by atoms with Gasteiger partial charge in [-0.05, 0) is 23.3 Å². The maximum absolute atomic E-state index is 11.5. The molecule has 0 saturated carbocycles. The predicted octanol–water partition coefficient (Wildman–Crippen LogP) is 1.92. The Morgan fingerprint density at radius 3 is 2.67 bits per heavy atom. The Hall–Kier alpha value is -2.03. The molecule has 0 aliphatic heterocycles. The molecule has 0 unspecified atom stereocenters. The fourth-order valence-electron chi connectivity index (χ4n) is 1.76. The maximum atomic E-state index is 11.5. The lowest BCUT2D eigenvalue weighted by Gasteiger charge is -2.15. The van der Waals surface area contributed by atoms with Crippen molar-refractivity contribution in [3.63, 3.8) is 0 Å². The van der Waals surface area contributed by atoms with E-state index in [1.165, 1.54) is 6.07 Å². The molecule has 0 aromatic heterocycles. The predicted molar refractivity (Wildman–Crippen MR) is 55.1 cm³/mol. The topological polar surface area (TPSA) is 60.4 Å². The summed E-state index contributed by atoms with van der Waals surface area (Å²) >= 11 is 0. The van der Waals surface area contributed by atoms with Gasteiger partial charge in [-0.15, -0.1) is 0 Å². The Morgan fingerprint density at radius 2 is 2.00 bits per heavy atom. The molecule has 0 radical (unpaired) electrons. The van der Waals surface area contributed by atoms with Crippen LogP contribution in [0.1, 0.15) is 15.9 Å². The highest BCUT2D eigenvalue weighted by atomic mass is 16.4. The van der Waals surface area contributed by atoms with Crippen LogP contribution in [-0.4, -0.2) is 11.1 Å². The largest absolute Gasteiger partial charge is 0.872 e. The smallest absolute Gasteiger partial charge is 0.335 e. The Morgan fingerprint density at radius 1 is 1.33 bits per heavy atom. The summed E-state index contributed by atoms with van der Waals surface area (Å²) in [5, 5.41) is 22.0. The third-order valence-electron chi connectivity index (χ3n) is 2.49. The summed E-state index contributed by atoms with van der Waals surface area (Å²) in [5.74, 6) is -1.60. The van der Waals surface area contributed by atoms with Crippen LogP contribution in [0.15, 0.2) is 30.3 Å². The zero-order chi connectivity index (χ0) is 11.0. The summed E-state index contributed by atoms with van der Waals surface area (Å²) < 4.78 is 0. The number of aromatic carboxylic acids is 1. The van der Waals surface area contributed by atoms with E-state index >= 15 is 0 Å². The van der Waals surface area contributed by atoms with Crippen LogP contribution in [-0.2, 0) is 0 Å². The summed E-state index contributed by atoms with van der Waals surface area (Å²) in [6.45, 7) is 1.66. The summed E-state index contributed by atoms with van der Waals surface area (Å²) in [6, 6.07) is 8.63. The van der Waals surface area contributed by atoms with Crippen LogP contribution in [0.3, 0.4) is 0 Å². The second kappa shape index (κ2) is 3.28. The summed E-state index contributed by atoms with van der Waals surface area (Å²) in [5.41, 5.74) is 0.402. The molecular formula is C12H9O3-. The molecule has 0 heterocycles. The first-order valence-corrected chi connectivity index (χ1v) is 4.54. The normalized spacial score (nSPS) is 10.5. The molecule has 2 rings (SSSR count). The van der Waals surface area contributed by atoms with Gasteiger partial charge in [0.2, 0.25) is 0 Å². The lowest BCUT2D eigenvalue weighted by atomic mass is 9.99. The van der Waals surface area contributed by atoms with Crippen LogP contribution >= 0.6 is 0 Å². The van der Waals surface area contributed by atoms with Crippen molar-refractivity contribution in [1.29, 1.82) is 0 Å². The van der Waals surface area contributed by atoms with Gasteiger partial charge in [-0.3, -0.25) is 0 Å². The second-order valence-electron chi connectivity index (χ2n) is 3.40. The monoisotopic (exact) mass is 201 g/mol. The number of hydrogen-bond acceptors (Lipinski definition) is 2. The van der Waals surface area contributed by atoms with Gasteiger partial charge in [-0.25, -0.2) is 4.79 Å². The Balaban J connectivity index is 2.90. The van der Waals surface area contributed by atoms with E-state index in [9.17, 15) is 9.90 Å². The van der Waals surface area contributed by atoms with Gasteiger partial charge in [0.25, 0.3) is 0 Å². The van der Waals surface area contributed by atoms with Crippen LogP contribution in [0.4, 0.5) is 0 Å². The quantitative estimate of drug-likeness (QED) is 0.766. The third kappa shape index (κ3) is 1.42. The zero-order valence-electron chi connectivity index (χ0n) is 8.15. The number of rotatable bonds is 1. The van der Waals surface area contributed by atoms with Crippen LogP contribution in [0.2, 0.25) is 0 Å². The van der Waals surface area contributed by atoms with E-state index in [4.69, 9.17) is 5.11 Å². The SMILES string of the molecule is Cc1c(C(=O)O)c([O-])cc2ccccc12. The van der Waals surface area contributed by atoms with Crippen molar-refractivity contribution in [2.24, 2.45) is 0 Å². The van der Waals surface area contributed by atoms with Crippen LogP contribution in [0.25, 0.3) is 10.8 Å². The number of benzene rings is 2. The molecule has 76 valence electrons. The number of carboxylic acid groups (broad SMARTS) is 1. The molecule has 15 heavy (non-hydrogen) atoms. The van der Waals surface area contributed by atoms with Crippen molar-refractivity contribution in [3.05, 3.63) is 41.5 Å². The molecule has 0 bridgehead atoms. The fraction of sp³-hybridized carbons (Fsp3) is 0.0833. The number of carboxylic acids is 1. The van der Waals surface area contributed by atoms with E-state index < -0.39 is 11.7 Å². The van der Waals surface area contributed by atoms with E-state index in [1.807, 2.05) is 18.2 Å². The highest BCUT2D eigenvalue weighted by Crippen LogP contribution is 2.27. The average Bonchev–Trinajstić information content (AvgIpc) is 2.17. The first-order chi connectivity index (χ1) is 7.11. The Bertz CT molecular complexity index is 544. The van der Waals surface area contributed by atoms with Crippen LogP contribution in [0, 0.1) is 6.92 Å². The average molecular weight is 201 g/mol. The lowest BCUT2D eigenvalue weighted by Crippen LogP contribution is -2.06. The third-order valence-corrected chi connectivity index (χ3v) is 2.49. The van der Waals surface area contributed by atoms with Crippen molar-refractivity contribution in [2.45, 2.75) is 6.92 Å². The zero-order valence-corrected chi connectivity index (χ0v) is 8.15. The van der Waals surface area contributed by atoms with Gasteiger partial charge in [0.1, 0.15) is 0 Å². The Labute approximate surface area is 86.6 Å². The van der Waals surface area contributed by atoms with Gasteiger partial charge in [0.15, 0.2) is 0 Å². The van der Waals surface area contributed by atoms with Gasteiger partial charge in [0.05, 0.1) is 5.56 Å². The second-order valence-corrected chi connectivity index (χ2v) is 3.40. The first kappa shape index (κ1) is 9.52. The van der Waals surface area contributed by atoms with Gasteiger partial charge in [-0.1, -0.05) is 36.1 Å². The van der Waals surface area contributed by atoms with E-state index in [0.29, 0.717) is 5.56 Å². The van der Waals surface area contributed by atoms with Gasteiger partial charge in [-0.2, -0.15) is 0 Å². The molecule has 0 aliphatic rings. The molecule has 0 saturated heterocycles. The summed E-state index contributed by atoms with van der Waals surface area (Å²) in [7, 11) is 0. The van der Waals surface area contributed by atoms with Crippen molar-refractivity contribution in [3.8, 4) is 5.75 Å². The maximum Gasteiger partial charge on any atom is 0.335 e. The highest BCUT2D eigenvalue weighted by Gasteiger charge is 2.10. The van der Waals surface area contributed by atoms with E-state index in [-0.39, 0.29) is 5.56 Å². The van der Waals surface area contributed by atoms with Gasteiger partial charge in [0, 0.05) is 0 Å². The molecule has 0 aliphatic carbocycles. The van der Waals surface area contributed by atoms with Crippen molar-refractivity contribution in [2.75, 3.05) is 0 Å². The minimum Gasteiger partial charge on any atom is -0.872 e. The van der Waals surface area contributed by atoms with E-state index in [0.717, 1.165) is 10.8 Å². The highest BCUT2D eigenvalue weighted by molar-refractivity contribution is 6.00. The molecular weight excluding hydrogens is 192 g/mol. The van der Waals surface area contributed by atoms with Gasteiger partial charge >= 0.3 is 5.97 Å².